The topological polar surface area (TPSA) is 52.6 Å². The molecule has 1 aliphatic carbocycles. The molecule has 0 bridgehead atoms. The Kier molecular flexibility index (Phi) is 8.51. The number of rotatable bonds is 5. The molecule has 0 aromatic heterocycles. The van der Waals surface area contributed by atoms with Crippen LogP contribution in [0.5, 0.6) is 0 Å². The summed E-state index contributed by atoms with van der Waals surface area (Å²) < 4.78 is 10.9. The molecule has 1 heterocycles. The molecule has 5 heteroatoms. The van der Waals surface area contributed by atoms with Crippen molar-refractivity contribution in [2.75, 3.05) is 13.2 Å². The van der Waals surface area contributed by atoms with Gasteiger partial charge < -0.3 is 9.47 Å². The minimum absolute atomic E-state index is 0. The lowest BCUT2D eigenvalue weighted by Crippen LogP contribution is -2.35. The number of Topliss-reactive ketones (excluding diaryl/α,β-unsaturated/α-hetero) is 2. The highest BCUT2D eigenvalue weighted by Gasteiger charge is 2.39. The molecule has 0 unspecified atom stereocenters. The van der Waals surface area contributed by atoms with E-state index in [9.17, 15) is 9.59 Å². The summed E-state index contributed by atoms with van der Waals surface area (Å²) in [6.45, 7) is 1.08. The van der Waals surface area contributed by atoms with Gasteiger partial charge in [0.25, 0.3) is 0 Å². The second-order valence-electron chi connectivity index (χ2n) is 8.96. The summed E-state index contributed by atoms with van der Waals surface area (Å²) in [6.07, 6.45) is 3.24. The van der Waals surface area contributed by atoms with Gasteiger partial charge in [-0.2, -0.15) is 0 Å². The molecule has 4 nitrogen and oxygen atoms in total. The molecule has 1 spiro atoms. The molecule has 2 fully saturated rings. The lowest BCUT2D eigenvalue weighted by atomic mass is 9.93. The summed E-state index contributed by atoms with van der Waals surface area (Å²) in [5.74, 6) is 2.43. The van der Waals surface area contributed by atoms with Gasteiger partial charge in [0.2, 0.25) is 0 Å². The standard InChI is InChI=1S/C22H21OP.C8H12O3.H2/c1-19(23)17-18-24(20-11-5-2-6-12-20,21-13-7-3-8-14-21)22-15-9-4-10-16-22;9-7-1-3-8(4-2-7)10-5-6-11-8;/h2-16,18H,17H2,1H3;1-6H2;1H. The van der Waals surface area contributed by atoms with Gasteiger partial charge in [0.15, 0.2) is 5.79 Å². The largest absolute Gasteiger partial charge is 0.348 e. The van der Waals surface area contributed by atoms with Crippen molar-refractivity contribution in [1.29, 1.82) is 0 Å². The molecule has 2 aliphatic rings. The van der Waals surface area contributed by atoms with E-state index in [2.05, 4.69) is 78.6 Å². The quantitative estimate of drug-likeness (QED) is 0.479. The van der Waals surface area contributed by atoms with Gasteiger partial charge >= 0.3 is 0 Å². The molecule has 35 heavy (non-hydrogen) atoms. The molecule has 0 atom stereocenters. The molecular formula is C30H35O4P. The van der Waals surface area contributed by atoms with E-state index in [0.29, 0.717) is 38.3 Å². The Morgan fingerprint density at radius 2 is 1.20 bits per heavy atom. The summed E-state index contributed by atoms with van der Waals surface area (Å²) in [5, 5.41) is 3.84. The van der Waals surface area contributed by atoms with Crippen LogP contribution in [0.25, 0.3) is 0 Å². The molecular weight excluding hydrogens is 455 g/mol. The normalized spacial score (nSPS) is 16.9. The Balaban J connectivity index is 0.000000251. The van der Waals surface area contributed by atoms with E-state index in [4.69, 9.17) is 9.47 Å². The third-order valence-corrected chi connectivity index (χ3v) is 10.6. The Bertz CT molecular complexity index is 1060. The van der Waals surface area contributed by atoms with E-state index in [-0.39, 0.29) is 13.0 Å². The first kappa shape index (κ1) is 25.3. The lowest BCUT2D eigenvalue weighted by molar-refractivity contribution is -0.179. The van der Waals surface area contributed by atoms with Crippen LogP contribution in [0.2, 0.25) is 0 Å². The highest BCUT2D eigenvalue weighted by Crippen LogP contribution is 2.43. The predicted molar refractivity (Wildman–Crippen MR) is 147 cm³/mol. The van der Waals surface area contributed by atoms with Crippen molar-refractivity contribution in [3.63, 3.8) is 0 Å². The van der Waals surface area contributed by atoms with Crippen LogP contribution < -0.4 is 15.9 Å². The molecule has 5 rings (SSSR count). The van der Waals surface area contributed by atoms with Gasteiger partial charge in [0.1, 0.15) is 11.6 Å². The molecule has 1 saturated carbocycles. The summed E-state index contributed by atoms with van der Waals surface area (Å²) in [5.41, 5.74) is 0. The smallest absolute Gasteiger partial charge is 0.169 e. The fourth-order valence-electron chi connectivity index (χ4n) is 4.71. The maximum atomic E-state index is 11.8. The monoisotopic (exact) mass is 490 g/mol. The maximum absolute atomic E-state index is 11.8. The Hall–Kier alpha value is -2.78. The van der Waals surface area contributed by atoms with Crippen molar-refractivity contribution < 1.29 is 20.5 Å². The average molecular weight is 491 g/mol. The molecule has 1 aliphatic heterocycles. The zero-order valence-corrected chi connectivity index (χ0v) is 21.2. The average Bonchev–Trinajstić information content (AvgIpc) is 3.37. The highest BCUT2D eigenvalue weighted by molar-refractivity contribution is 7.94. The third kappa shape index (κ3) is 6.08. The molecule has 184 valence electrons. The fourth-order valence-corrected chi connectivity index (χ4v) is 8.70. The van der Waals surface area contributed by atoms with Gasteiger partial charge in [-0.05, 0) is 29.7 Å². The van der Waals surface area contributed by atoms with E-state index in [1.807, 2.05) is 18.2 Å². The van der Waals surface area contributed by atoms with E-state index in [0.717, 1.165) is 12.8 Å². The summed E-state index contributed by atoms with van der Waals surface area (Å²) >= 11 is 0. The summed E-state index contributed by atoms with van der Waals surface area (Å²) in [6, 6.07) is 31.7. The number of carbonyl (C=O) groups excluding carboxylic acids is 2. The van der Waals surface area contributed by atoms with Crippen LogP contribution in [-0.2, 0) is 19.1 Å². The van der Waals surface area contributed by atoms with Gasteiger partial charge in [0, 0.05) is 33.5 Å². The minimum atomic E-state index is -1.95. The van der Waals surface area contributed by atoms with E-state index < -0.39 is 6.89 Å². The number of benzene rings is 3. The Labute approximate surface area is 209 Å². The third-order valence-electron chi connectivity index (χ3n) is 6.53. The zero-order chi connectivity index (χ0) is 24.6. The number of carbonyl (C=O) groups is 2. The van der Waals surface area contributed by atoms with Crippen LogP contribution in [0.15, 0.2) is 91.0 Å². The van der Waals surface area contributed by atoms with Crippen molar-refractivity contribution in [3.8, 4) is 0 Å². The second kappa shape index (κ2) is 11.8. The van der Waals surface area contributed by atoms with Gasteiger partial charge in [-0.25, -0.2) is 0 Å². The van der Waals surface area contributed by atoms with Gasteiger partial charge in [0.05, 0.1) is 13.2 Å². The van der Waals surface area contributed by atoms with Crippen molar-refractivity contribution >= 4 is 40.2 Å². The van der Waals surface area contributed by atoms with E-state index in [1.54, 1.807) is 6.92 Å². The Morgan fingerprint density at radius 3 is 1.57 bits per heavy atom. The SMILES string of the molecule is CC(=O)CC=P(c1ccccc1)(c1ccccc1)c1ccccc1.O=C1CCC2(CC1)OCCO2.[HH]. The van der Waals surface area contributed by atoms with Crippen LogP contribution >= 0.6 is 6.89 Å². The molecule has 0 N–H and O–H groups in total. The van der Waals surface area contributed by atoms with Gasteiger partial charge in [-0.3, -0.25) is 9.59 Å². The van der Waals surface area contributed by atoms with Crippen molar-refractivity contribution in [2.24, 2.45) is 0 Å². The van der Waals surface area contributed by atoms with Crippen LogP contribution in [-0.4, -0.2) is 36.4 Å². The van der Waals surface area contributed by atoms with Crippen LogP contribution in [0.4, 0.5) is 0 Å². The van der Waals surface area contributed by atoms with Gasteiger partial charge in [-0.15, -0.1) is 0 Å². The Morgan fingerprint density at radius 1 is 0.800 bits per heavy atom. The first-order valence-corrected chi connectivity index (χ1v) is 14.1. The molecule has 3 aromatic carbocycles. The first-order chi connectivity index (χ1) is 17.0. The molecule has 0 radical (unpaired) electrons. The fraction of sp³-hybridized carbons (Fsp3) is 0.300. The molecule has 3 aromatic rings. The van der Waals surface area contributed by atoms with E-state index in [1.165, 1.54) is 15.9 Å². The summed E-state index contributed by atoms with van der Waals surface area (Å²) in [7, 11) is 0. The highest BCUT2D eigenvalue weighted by atomic mass is 31.2. The second-order valence-corrected chi connectivity index (χ2v) is 12.3. The zero-order valence-electron chi connectivity index (χ0n) is 20.3. The van der Waals surface area contributed by atoms with Crippen LogP contribution in [0.1, 0.15) is 40.5 Å². The van der Waals surface area contributed by atoms with Crippen LogP contribution in [0.3, 0.4) is 0 Å². The number of ether oxygens (including phenoxy) is 2. The summed E-state index contributed by atoms with van der Waals surface area (Å²) in [4.78, 5) is 22.7. The van der Waals surface area contributed by atoms with Crippen molar-refractivity contribution in [1.82, 2.24) is 0 Å². The number of ketones is 2. The first-order valence-electron chi connectivity index (χ1n) is 12.2. The minimum Gasteiger partial charge on any atom is -0.348 e. The van der Waals surface area contributed by atoms with E-state index >= 15 is 0 Å². The van der Waals surface area contributed by atoms with Crippen molar-refractivity contribution in [2.45, 2.75) is 44.8 Å². The maximum Gasteiger partial charge on any atom is 0.169 e. The van der Waals surface area contributed by atoms with Crippen LogP contribution in [0, 0.1) is 0 Å². The van der Waals surface area contributed by atoms with Gasteiger partial charge in [-0.1, -0.05) is 96.8 Å². The lowest BCUT2D eigenvalue weighted by Gasteiger charge is -2.30. The number of hydrogen-bond donors (Lipinski definition) is 0. The number of hydrogen-bond acceptors (Lipinski definition) is 4. The predicted octanol–water partition coefficient (Wildman–Crippen LogP) is 4.88. The molecule has 1 saturated heterocycles. The van der Waals surface area contributed by atoms with Crippen molar-refractivity contribution in [3.05, 3.63) is 91.0 Å². The molecule has 0 amide bonds.